The molecule has 0 saturated carbocycles. The van der Waals surface area contributed by atoms with Crippen LogP contribution in [0.3, 0.4) is 0 Å². The number of benzene rings is 1. The van der Waals surface area contributed by atoms with Crippen LogP contribution >= 0.6 is 35.0 Å². The number of aromatic nitrogens is 5. The summed E-state index contributed by atoms with van der Waals surface area (Å²) < 4.78 is 6.80. The summed E-state index contributed by atoms with van der Waals surface area (Å²) in [7, 11) is 0. The molecular formula is C17H11Cl2N5OS. The average Bonchev–Trinajstić information content (AvgIpc) is 3.32. The van der Waals surface area contributed by atoms with E-state index in [0.717, 1.165) is 16.9 Å². The monoisotopic (exact) mass is 403 g/mol. The zero-order valence-electron chi connectivity index (χ0n) is 13.2. The van der Waals surface area contributed by atoms with E-state index < -0.39 is 0 Å². The molecule has 0 atom stereocenters. The average molecular weight is 404 g/mol. The van der Waals surface area contributed by atoms with Gasteiger partial charge in [0.15, 0.2) is 11.0 Å². The number of hydrogen-bond donors (Lipinski definition) is 0. The van der Waals surface area contributed by atoms with Gasteiger partial charge in [-0.3, -0.25) is 9.55 Å². The number of hydrogen-bond acceptors (Lipinski definition) is 6. The molecule has 0 spiro atoms. The van der Waals surface area contributed by atoms with Gasteiger partial charge in [0.2, 0.25) is 0 Å². The second-order valence-corrected chi connectivity index (χ2v) is 7.02. The minimum atomic E-state index is 0.461. The SMILES string of the molecule is Clc1ccc(-n2c(SCc3ccon3)nnc2-c2cccnc2)cc1Cl. The standard InChI is InChI=1S/C17H11Cl2N5OS/c18-14-4-3-13(8-15(14)19)24-16(11-2-1-6-20-9-11)21-22-17(24)26-10-12-5-7-25-23-12/h1-9H,10H2. The van der Waals surface area contributed by atoms with Crippen molar-refractivity contribution >= 4 is 35.0 Å². The van der Waals surface area contributed by atoms with Gasteiger partial charge < -0.3 is 4.52 Å². The molecule has 0 bridgehead atoms. The van der Waals surface area contributed by atoms with Crippen LogP contribution in [-0.2, 0) is 5.75 Å². The first-order valence-corrected chi connectivity index (χ1v) is 9.30. The van der Waals surface area contributed by atoms with Crippen LogP contribution in [0.2, 0.25) is 10.0 Å². The van der Waals surface area contributed by atoms with Gasteiger partial charge >= 0.3 is 0 Å². The molecule has 0 radical (unpaired) electrons. The number of halogens is 2. The van der Waals surface area contributed by atoms with Crippen molar-refractivity contribution in [2.24, 2.45) is 0 Å². The summed E-state index contributed by atoms with van der Waals surface area (Å²) in [5.41, 5.74) is 2.48. The molecule has 9 heteroatoms. The molecular weight excluding hydrogens is 393 g/mol. The van der Waals surface area contributed by atoms with Crippen LogP contribution in [0.15, 0.2) is 64.7 Å². The minimum absolute atomic E-state index is 0.461. The van der Waals surface area contributed by atoms with E-state index >= 15 is 0 Å². The zero-order chi connectivity index (χ0) is 17.9. The Bertz CT molecular complexity index is 1020. The highest BCUT2D eigenvalue weighted by atomic mass is 35.5. The summed E-state index contributed by atoms with van der Waals surface area (Å²) in [6, 6.07) is 11.0. The molecule has 0 saturated heterocycles. The lowest BCUT2D eigenvalue weighted by molar-refractivity contribution is 0.414. The molecule has 0 aliphatic carbocycles. The molecule has 26 heavy (non-hydrogen) atoms. The van der Waals surface area contributed by atoms with Crippen LogP contribution in [0.25, 0.3) is 17.1 Å². The maximum absolute atomic E-state index is 6.21. The van der Waals surface area contributed by atoms with Crippen LogP contribution in [-0.4, -0.2) is 24.9 Å². The Balaban J connectivity index is 1.78. The molecule has 0 unspecified atom stereocenters. The van der Waals surface area contributed by atoms with Crippen LogP contribution in [0.1, 0.15) is 5.69 Å². The fourth-order valence-corrected chi connectivity index (χ4v) is 3.49. The van der Waals surface area contributed by atoms with Crippen molar-refractivity contribution in [2.75, 3.05) is 0 Å². The molecule has 4 rings (SSSR count). The van der Waals surface area contributed by atoms with Gasteiger partial charge in [-0.1, -0.05) is 40.1 Å². The summed E-state index contributed by atoms with van der Waals surface area (Å²) in [5, 5.41) is 14.3. The fraction of sp³-hybridized carbons (Fsp3) is 0.0588. The van der Waals surface area contributed by atoms with Crippen LogP contribution in [0.4, 0.5) is 0 Å². The summed E-state index contributed by atoms with van der Waals surface area (Å²) in [6.45, 7) is 0. The van der Waals surface area contributed by atoms with Crippen molar-refractivity contribution < 1.29 is 4.52 Å². The van der Waals surface area contributed by atoms with Gasteiger partial charge in [-0.2, -0.15) is 0 Å². The molecule has 3 heterocycles. The highest BCUT2D eigenvalue weighted by Crippen LogP contribution is 2.32. The fourth-order valence-electron chi connectivity index (χ4n) is 2.35. The second kappa shape index (κ2) is 7.49. The summed E-state index contributed by atoms with van der Waals surface area (Å²) >= 11 is 13.8. The Labute approximate surface area is 163 Å². The minimum Gasteiger partial charge on any atom is -0.364 e. The lowest BCUT2D eigenvalue weighted by Crippen LogP contribution is -2.00. The Morgan fingerprint density at radius 1 is 1.08 bits per heavy atom. The Morgan fingerprint density at radius 3 is 2.73 bits per heavy atom. The Hall–Kier alpha value is -2.35. The highest BCUT2D eigenvalue weighted by Gasteiger charge is 2.17. The van der Waals surface area contributed by atoms with E-state index in [4.69, 9.17) is 27.7 Å². The van der Waals surface area contributed by atoms with Crippen molar-refractivity contribution in [1.29, 1.82) is 0 Å². The molecule has 0 aliphatic rings. The zero-order valence-corrected chi connectivity index (χ0v) is 15.5. The van der Waals surface area contributed by atoms with Crippen molar-refractivity contribution in [3.63, 3.8) is 0 Å². The van der Waals surface area contributed by atoms with Crippen LogP contribution in [0, 0.1) is 0 Å². The number of thioether (sulfide) groups is 1. The van der Waals surface area contributed by atoms with Gasteiger partial charge in [0.05, 0.1) is 21.4 Å². The van der Waals surface area contributed by atoms with Gasteiger partial charge in [0.1, 0.15) is 6.26 Å². The lowest BCUT2D eigenvalue weighted by Gasteiger charge is -2.11. The van der Waals surface area contributed by atoms with Crippen LogP contribution < -0.4 is 0 Å². The van der Waals surface area contributed by atoms with E-state index in [9.17, 15) is 0 Å². The third kappa shape index (κ3) is 3.46. The normalized spacial score (nSPS) is 11.0. The number of nitrogens with zero attached hydrogens (tertiary/aromatic N) is 5. The predicted molar refractivity (Wildman–Crippen MR) is 101 cm³/mol. The van der Waals surface area contributed by atoms with Crippen LogP contribution in [0.5, 0.6) is 0 Å². The molecule has 3 aromatic heterocycles. The van der Waals surface area contributed by atoms with E-state index in [1.54, 1.807) is 30.8 Å². The molecule has 0 aliphatic heterocycles. The van der Waals surface area contributed by atoms with E-state index in [0.29, 0.717) is 26.8 Å². The highest BCUT2D eigenvalue weighted by molar-refractivity contribution is 7.98. The smallest absolute Gasteiger partial charge is 0.196 e. The Kier molecular flexibility index (Phi) is 4.92. The molecule has 1 aromatic carbocycles. The molecule has 130 valence electrons. The topological polar surface area (TPSA) is 69.6 Å². The maximum atomic E-state index is 6.21. The largest absolute Gasteiger partial charge is 0.364 e. The number of rotatable bonds is 5. The molecule has 6 nitrogen and oxygen atoms in total. The van der Waals surface area contributed by atoms with E-state index in [2.05, 4.69) is 20.3 Å². The van der Waals surface area contributed by atoms with Crippen molar-refractivity contribution in [1.82, 2.24) is 24.9 Å². The van der Waals surface area contributed by atoms with Crippen molar-refractivity contribution in [3.05, 3.63) is 70.8 Å². The molecule has 0 N–H and O–H groups in total. The first kappa shape index (κ1) is 17.1. The third-order valence-electron chi connectivity index (χ3n) is 3.55. The van der Waals surface area contributed by atoms with Crippen molar-refractivity contribution in [2.45, 2.75) is 10.9 Å². The van der Waals surface area contributed by atoms with E-state index in [1.165, 1.54) is 11.8 Å². The second-order valence-electron chi connectivity index (χ2n) is 5.26. The van der Waals surface area contributed by atoms with Gasteiger partial charge in [0, 0.05) is 29.8 Å². The molecule has 4 aromatic rings. The molecule has 0 fully saturated rings. The third-order valence-corrected chi connectivity index (χ3v) is 5.26. The maximum Gasteiger partial charge on any atom is 0.196 e. The summed E-state index contributed by atoms with van der Waals surface area (Å²) in [4.78, 5) is 4.17. The first-order valence-electron chi connectivity index (χ1n) is 7.55. The van der Waals surface area contributed by atoms with E-state index in [1.807, 2.05) is 28.8 Å². The van der Waals surface area contributed by atoms with Gasteiger partial charge in [0.25, 0.3) is 0 Å². The van der Waals surface area contributed by atoms with Gasteiger partial charge in [-0.05, 0) is 30.3 Å². The molecule has 0 amide bonds. The quantitative estimate of drug-likeness (QED) is 0.440. The van der Waals surface area contributed by atoms with Gasteiger partial charge in [-0.25, -0.2) is 0 Å². The predicted octanol–water partition coefficient (Wildman–Crippen LogP) is 4.92. The van der Waals surface area contributed by atoms with Crippen molar-refractivity contribution in [3.8, 4) is 17.1 Å². The lowest BCUT2D eigenvalue weighted by atomic mass is 10.2. The van der Waals surface area contributed by atoms with Gasteiger partial charge in [-0.15, -0.1) is 10.2 Å². The summed E-state index contributed by atoms with van der Waals surface area (Å²) in [5.74, 6) is 1.27. The Morgan fingerprint density at radius 2 is 2.00 bits per heavy atom. The van der Waals surface area contributed by atoms with E-state index in [-0.39, 0.29) is 0 Å². The number of pyridine rings is 1. The summed E-state index contributed by atoms with van der Waals surface area (Å²) in [6.07, 6.45) is 4.99. The first-order chi connectivity index (χ1) is 12.7.